The molecule has 0 radical (unpaired) electrons. The number of aromatic nitrogens is 1. The number of halogens is 1. The van der Waals surface area contributed by atoms with Crippen molar-refractivity contribution < 1.29 is 9.53 Å². The number of allylic oxidation sites excluding steroid dienone is 4. The smallest absolute Gasteiger partial charge is 0.407 e. The molecule has 1 aromatic carbocycles. The second-order valence-corrected chi connectivity index (χ2v) is 10.8. The van der Waals surface area contributed by atoms with Crippen LogP contribution in [0.15, 0.2) is 64.8 Å². The number of para-hydroxylation sites is 1. The van der Waals surface area contributed by atoms with Crippen LogP contribution >= 0.6 is 11.6 Å². The third-order valence-corrected chi connectivity index (χ3v) is 7.85. The van der Waals surface area contributed by atoms with Crippen LogP contribution in [0.2, 0.25) is 0 Å². The molecule has 0 fully saturated rings. The molecule has 0 saturated heterocycles. The quantitative estimate of drug-likeness (QED) is 0.227. The number of benzene rings is 1. The van der Waals surface area contributed by atoms with Crippen LogP contribution in [-0.4, -0.2) is 41.9 Å². The Morgan fingerprint density at radius 1 is 1.11 bits per heavy atom. The highest BCUT2D eigenvalue weighted by Crippen LogP contribution is 2.34. The minimum atomic E-state index is -0.333. The number of fused-ring (bicyclic) bond motifs is 3. The van der Waals surface area contributed by atoms with E-state index in [1.165, 1.54) is 22.2 Å². The van der Waals surface area contributed by atoms with E-state index >= 15 is 0 Å². The zero-order chi connectivity index (χ0) is 26.2. The molecule has 1 aliphatic heterocycles. The number of aliphatic imine (C=N–C) groups is 1. The summed E-state index contributed by atoms with van der Waals surface area (Å²) in [4.78, 5) is 21.3. The minimum Gasteiger partial charge on any atom is -0.449 e. The molecule has 1 aromatic heterocycles. The van der Waals surface area contributed by atoms with Crippen LogP contribution in [-0.2, 0) is 17.6 Å². The van der Waals surface area contributed by atoms with Crippen molar-refractivity contribution in [2.24, 2.45) is 4.99 Å². The fraction of sp³-hybridized carbons (Fsp3) is 0.452. The Bertz CT molecular complexity index is 1280. The highest BCUT2D eigenvalue weighted by atomic mass is 35.5. The lowest BCUT2D eigenvalue weighted by Gasteiger charge is -2.24. The molecule has 2 aromatic rings. The lowest BCUT2D eigenvalue weighted by atomic mass is 9.92. The number of hydrogen-bond donors (Lipinski definition) is 2. The van der Waals surface area contributed by atoms with E-state index in [1.54, 1.807) is 0 Å². The molecule has 7 heteroatoms. The number of nitrogens with one attached hydrogen (secondary N) is 2. The Hall–Kier alpha value is -3.12. The van der Waals surface area contributed by atoms with Crippen LogP contribution in [0, 0.1) is 0 Å². The molecule has 0 spiro atoms. The van der Waals surface area contributed by atoms with E-state index in [-0.39, 0.29) is 11.5 Å². The zero-order valence-electron chi connectivity index (χ0n) is 22.0. The van der Waals surface area contributed by atoms with Gasteiger partial charge >= 0.3 is 6.09 Å². The van der Waals surface area contributed by atoms with Gasteiger partial charge in [0.25, 0.3) is 0 Å². The minimum absolute atomic E-state index is 0.186. The van der Waals surface area contributed by atoms with Gasteiger partial charge in [-0.05, 0) is 42.9 Å². The van der Waals surface area contributed by atoms with Gasteiger partial charge in [-0.1, -0.05) is 55.7 Å². The predicted molar refractivity (Wildman–Crippen MR) is 156 cm³/mol. The fourth-order valence-electron chi connectivity index (χ4n) is 5.43. The number of nitrogens with zero attached hydrogens (tertiary/aromatic N) is 2. The summed E-state index contributed by atoms with van der Waals surface area (Å²) in [5, 5.41) is 8.00. The van der Waals surface area contributed by atoms with Crippen LogP contribution in [0.5, 0.6) is 0 Å². The predicted octanol–water partition coefficient (Wildman–Crippen LogP) is 7.03. The maximum absolute atomic E-state index is 12.0. The first kappa shape index (κ1) is 26.5. The highest BCUT2D eigenvalue weighted by Gasteiger charge is 2.22. The molecule has 200 valence electrons. The largest absolute Gasteiger partial charge is 0.449 e. The second-order valence-electron chi connectivity index (χ2n) is 10.2. The molecule has 0 saturated carbocycles. The topological polar surface area (TPSA) is 75.6 Å². The van der Waals surface area contributed by atoms with Crippen molar-refractivity contribution in [3.63, 3.8) is 0 Å². The van der Waals surface area contributed by atoms with Crippen LogP contribution in [0.1, 0.15) is 62.6 Å². The zero-order valence-corrected chi connectivity index (χ0v) is 22.7. The lowest BCUT2D eigenvalue weighted by molar-refractivity contribution is 0.147. The maximum Gasteiger partial charge on any atom is 0.407 e. The monoisotopic (exact) mass is 532 g/mol. The summed E-state index contributed by atoms with van der Waals surface area (Å²) >= 11 is 6.43. The third-order valence-electron chi connectivity index (χ3n) is 7.47. The van der Waals surface area contributed by atoms with Crippen molar-refractivity contribution in [3.05, 3.63) is 71.1 Å². The average molecular weight is 533 g/mol. The van der Waals surface area contributed by atoms with E-state index in [9.17, 15) is 4.79 Å². The summed E-state index contributed by atoms with van der Waals surface area (Å²) in [5.74, 6) is 0. The molecule has 38 heavy (non-hydrogen) atoms. The SMILES string of the molecule is O=C(NCCCCCCCNc1c2c(nc3ccccc13)CC(Cl)CC2)OCCC1=CN=C2CC=CC=C12. The third kappa shape index (κ3) is 6.65. The van der Waals surface area contributed by atoms with Gasteiger partial charge in [-0.2, -0.15) is 0 Å². The molecule has 2 aliphatic carbocycles. The number of pyridine rings is 1. The Labute approximate surface area is 230 Å². The fourth-order valence-corrected chi connectivity index (χ4v) is 5.69. The van der Waals surface area contributed by atoms with E-state index < -0.39 is 0 Å². The molecule has 2 N–H and O–H groups in total. The normalized spacial score (nSPS) is 17.8. The highest BCUT2D eigenvalue weighted by molar-refractivity contribution is 6.20. The average Bonchev–Trinajstić information content (AvgIpc) is 3.34. The number of alkyl carbamates (subject to hydrolysis) is 1. The molecule has 1 unspecified atom stereocenters. The van der Waals surface area contributed by atoms with Crippen LogP contribution in [0.3, 0.4) is 0 Å². The molecule has 1 amide bonds. The van der Waals surface area contributed by atoms with E-state index in [1.807, 2.05) is 12.3 Å². The summed E-state index contributed by atoms with van der Waals surface area (Å²) in [6.07, 6.45) is 17.7. The van der Waals surface area contributed by atoms with Gasteiger partial charge in [0.2, 0.25) is 0 Å². The van der Waals surface area contributed by atoms with Crippen LogP contribution in [0.4, 0.5) is 10.5 Å². The van der Waals surface area contributed by atoms with Gasteiger partial charge in [0.15, 0.2) is 0 Å². The maximum atomic E-state index is 12.0. The molecule has 1 atom stereocenters. The number of hydrogen-bond acceptors (Lipinski definition) is 5. The van der Waals surface area contributed by atoms with Crippen molar-refractivity contribution in [2.45, 2.75) is 69.6 Å². The van der Waals surface area contributed by atoms with E-state index in [0.717, 1.165) is 86.8 Å². The summed E-state index contributed by atoms with van der Waals surface area (Å²) in [6, 6.07) is 8.39. The molecule has 0 bridgehead atoms. The second kappa shape index (κ2) is 13.1. The number of rotatable bonds is 12. The van der Waals surface area contributed by atoms with Gasteiger partial charge in [0.1, 0.15) is 0 Å². The van der Waals surface area contributed by atoms with Gasteiger partial charge in [-0.15, -0.1) is 11.6 Å². The molecule has 5 rings (SSSR count). The standard InChI is InChI=1S/C31H37ClN4O2/c32-23-14-15-26-29(20-23)36-28-13-7-5-11-25(28)30(26)33-17-8-2-1-3-9-18-34-31(37)38-19-16-22-21-35-27-12-6-4-10-24(22)27/h4-7,10-11,13,21,23H,1-3,8-9,12,14-20H2,(H,33,36)(H,34,37). The van der Waals surface area contributed by atoms with Gasteiger partial charge in [0.05, 0.1) is 17.8 Å². The first-order valence-corrected chi connectivity index (χ1v) is 14.4. The summed E-state index contributed by atoms with van der Waals surface area (Å²) in [6.45, 7) is 1.97. The Balaban J connectivity index is 0.941. The number of ether oxygens (including phenoxy) is 1. The molecule has 3 aliphatic rings. The van der Waals surface area contributed by atoms with Crippen molar-refractivity contribution >= 4 is 40.0 Å². The van der Waals surface area contributed by atoms with Gasteiger partial charge in [0, 0.05) is 66.3 Å². The number of amides is 1. The van der Waals surface area contributed by atoms with Gasteiger partial charge in [-0.25, -0.2) is 4.79 Å². The van der Waals surface area contributed by atoms with Gasteiger partial charge < -0.3 is 15.4 Å². The number of alkyl halides is 1. The molecule has 6 nitrogen and oxygen atoms in total. The lowest BCUT2D eigenvalue weighted by Crippen LogP contribution is -2.25. The first-order chi connectivity index (χ1) is 18.7. The number of unbranched alkanes of at least 4 members (excludes halogenated alkanes) is 4. The van der Waals surface area contributed by atoms with Crippen molar-refractivity contribution in [1.82, 2.24) is 10.3 Å². The Kier molecular flexibility index (Phi) is 9.13. The van der Waals surface area contributed by atoms with Crippen molar-refractivity contribution in [2.75, 3.05) is 25.0 Å². The van der Waals surface area contributed by atoms with Crippen LogP contribution in [0.25, 0.3) is 10.9 Å². The van der Waals surface area contributed by atoms with Crippen molar-refractivity contribution in [3.8, 4) is 0 Å². The Morgan fingerprint density at radius 3 is 2.87 bits per heavy atom. The summed E-state index contributed by atoms with van der Waals surface area (Å²) in [5.41, 5.74) is 8.24. The molecular weight excluding hydrogens is 496 g/mol. The Morgan fingerprint density at radius 2 is 1.95 bits per heavy atom. The first-order valence-electron chi connectivity index (χ1n) is 14.0. The van der Waals surface area contributed by atoms with Gasteiger partial charge in [-0.3, -0.25) is 9.98 Å². The molecular formula is C31H37ClN4O2. The summed E-state index contributed by atoms with van der Waals surface area (Å²) in [7, 11) is 0. The van der Waals surface area contributed by atoms with Crippen molar-refractivity contribution in [1.29, 1.82) is 0 Å². The number of carbonyl (C=O) groups is 1. The number of carbonyl (C=O) groups excluding carboxylic acids is 1. The molecule has 2 heterocycles. The summed E-state index contributed by atoms with van der Waals surface area (Å²) < 4.78 is 5.35. The van der Waals surface area contributed by atoms with E-state index in [4.69, 9.17) is 21.3 Å². The van der Waals surface area contributed by atoms with E-state index in [2.05, 4.69) is 52.1 Å². The van der Waals surface area contributed by atoms with E-state index in [0.29, 0.717) is 19.6 Å². The van der Waals surface area contributed by atoms with Crippen LogP contribution < -0.4 is 10.6 Å². The number of anilines is 1.